The standard InChI is InChI=1S/C20H27N3O3S/c1-14-10-15(2)12-22(11-14)18(25)13-27-20-21-17-7-4-3-6-16(17)19(26)23(20)8-5-9-24/h3-4,6-7,14-15,24H,5,8-13H2,1-2H3. The van der Waals surface area contributed by atoms with E-state index in [2.05, 4.69) is 18.8 Å². The fraction of sp³-hybridized carbons (Fsp3) is 0.550. The molecule has 0 saturated carbocycles. The number of rotatable bonds is 6. The molecule has 7 heteroatoms. The van der Waals surface area contributed by atoms with Crippen LogP contribution in [0.3, 0.4) is 0 Å². The molecule has 1 aromatic carbocycles. The third kappa shape index (κ3) is 4.71. The van der Waals surface area contributed by atoms with Gasteiger partial charge in [-0.2, -0.15) is 0 Å². The number of thioether (sulfide) groups is 1. The Kier molecular flexibility index (Phi) is 6.55. The van der Waals surface area contributed by atoms with Gasteiger partial charge in [-0.25, -0.2) is 4.98 Å². The molecule has 1 aliphatic heterocycles. The number of aliphatic hydroxyl groups excluding tert-OH is 1. The number of fused-ring (bicyclic) bond motifs is 1. The second-order valence-corrected chi connectivity index (χ2v) is 8.42. The Labute approximate surface area is 163 Å². The summed E-state index contributed by atoms with van der Waals surface area (Å²) in [6, 6.07) is 7.24. The molecule has 3 rings (SSSR count). The predicted octanol–water partition coefficient (Wildman–Crippen LogP) is 2.38. The van der Waals surface area contributed by atoms with Gasteiger partial charge in [-0.1, -0.05) is 37.7 Å². The summed E-state index contributed by atoms with van der Waals surface area (Å²) in [6.07, 6.45) is 1.63. The molecule has 146 valence electrons. The molecule has 2 aromatic rings. The monoisotopic (exact) mass is 389 g/mol. The van der Waals surface area contributed by atoms with Crippen LogP contribution < -0.4 is 5.56 Å². The lowest BCUT2D eigenvalue weighted by Gasteiger charge is -2.35. The Morgan fingerprint density at radius 1 is 1.26 bits per heavy atom. The molecule has 1 N–H and O–H groups in total. The fourth-order valence-corrected chi connectivity index (χ4v) is 4.70. The van der Waals surface area contributed by atoms with Crippen molar-refractivity contribution >= 4 is 28.6 Å². The lowest BCUT2D eigenvalue weighted by atomic mass is 9.92. The summed E-state index contributed by atoms with van der Waals surface area (Å²) in [5.74, 6) is 1.39. The first kappa shape index (κ1) is 19.9. The van der Waals surface area contributed by atoms with E-state index in [1.54, 1.807) is 10.6 Å². The van der Waals surface area contributed by atoms with E-state index in [0.717, 1.165) is 19.5 Å². The number of para-hydroxylation sites is 1. The average Bonchev–Trinajstić information content (AvgIpc) is 2.65. The summed E-state index contributed by atoms with van der Waals surface area (Å²) in [5.41, 5.74) is 0.516. The van der Waals surface area contributed by atoms with Crippen LogP contribution in [0.4, 0.5) is 0 Å². The average molecular weight is 390 g/mol. The summed E-state index contributed by atoms with van der Waals surface area (Å²) in [4.78, 5) is 32.0. The zero-order chi connectivity index (χ0) is 19.4. The molecule has 1 fully saturated rings. The van der Waals surface area contributed by atoms with Crippen LogP contribution >= 0.6 is 11.8 Å². The molecule has 0 bridgehead atoms. The molecule has 27 heavy (non-hydrogen) atoms. The molecule has 6 nitrogen and oxygen atoms in total. The van der Waals surface area contributed by atoms with Crippen molar-refractivity contribution < 1.29 is 9.90 Å². The number of nitrogens with zero attached hydrogens (tertiary/aromatic N) is 3. The highest BCUT2D eigenvalue weighted by Gasteiger charge is 2.25. The van der Waals surface area contributed by atoms with Crippen molar-refractivity contribution in [3.63, 3.8) is 0 Å². The van der Waals surface area contributed by atoms with Crippen LogP contribution in [-0.4, -0.2) is 50.9 Å². The van der Waals surface area contributed by atoms with Gasteiger partial charge in [0.05, 0.1) is 16.7 Å². The van der Waals surface area contributed by atoms with Gasteiger partial charge in [-0.15, -0.1) is 0 Å². The van der Waals surface area contributed by atoms with Crippen molar-refractivity contribution in [1.82, 2.24) is 14.5 Å². The molecule has 1 aromatic heterocycles. The number of aliphatic hydroxyl groups is 1. The van der Waals surface area contributed by atoms with Gasteiger partial charge in [-0.3, -0.25) is 14.2 Å². The first-order valence-electron chi connectivity index (χ1n) is 9.50. The highest BCUT2D eigenvalue weighted by molar-refractivity contribution is 7.99. The van der Waals surface area contributed by atoms with E-state index in [9.17, 15) is 9.59 Å². The zero-order valence-electron chi connectivity index (χ0n) is 15.9. The van der Waals surface area contributed by atoms with Crippen LogP contribution in [-0.2, 0) is 11.3 Å². The number of hydrogen-bond donors (Lipinski definition) is 1. The number of hydrogen-bond acceptors (Lipinski definition) is 5. The highest BCUT2D eigenvalue weighted by Crippen LogP contribution is 2.23. The molecule has 2 atom stereocenters. The highest BCUT2D eigenvalue weighted by atomic mass is 32.2. The van der Waals surface area contributed by atoms with Crippen LogP contribution in [0.2, 0.25) is 0 Å². The Morgan fingerprint density at radius 2 is 1.96 bits per heavy atom. The molecular weight excluding hydrogens is 362 g/mol. The minimum absolute atomic E-state index is 0.00581. The quantitative estimate of drug-likeness (QED) is 0.606. The van der Waals surface area contributed by atoms with E-state index in [-0.39, 0.29) is 23.8 Å². The lowest BCUT2D eigenvalue weighted by Crippen LogP contribution is -2.43. The molecule has 2 unspecified atom stereocenters. The summed E-state index contributed by atoms with van der Waals surface area (Å²) in [7, 11) is 0. The summed E-state index contributed by atoms with van der Waals surface area (Å²) < 4.78 is 1.58. The van der Waals surface area contributed by atoms with Crippen LogP contribution in [0.1, 0.15) is 26.7 Å². The summed E-state index contributed by atoms with van der Waals surface area (Å²) >= 11 is 1.31. The number of piperidine rings is 1. The molecule has 1 amide bonds. The van der Waals surface area contributed by atoms with Crippen molar-refractivity contribution in [3.8, 4) is 0 Å². The van der Waals surface area contributed by atoms with Gasteiger partial charge in [0.1, 0.15) is 0 Å². The smallest absolute Gasteiger partial charge is 0.262 e. The maximum atomic E-state index is 12.8. The maximum absolute atomic E-state index is 12.8. The zero-order valence-corrected chi connectivity index (χ0v) is 16.7. The van der Waals surface area contributed by atoms with Crippen LogP contribution in [0, 0.1) is 11.8 Å². The van der Waals surface area contributed by atoms with Gasteiger partial charge < -0.3 is 10.0 Å². The van der Waals surface area contributed by atoms with Gasteiger partial charge in [0, 0.05) is 26.2 Å². The first-order chi connectivity index (χ1) is 13.0. The second-order valence-electron chi connectivity index (χ2n) is 7.48. The van der Waals surface area contributed by atoms with Gasteiger partial charge in [0.15, 0.2) is 5.16 Å². The van der Waals surface area contributed by atoms with Gasteiger partial charge >= 0.3 is 0 Å². The number of aromatic nitrogens is 2. The third-order valence-corrected chi connectivity index (χ3v) is 5.87. The van der Waals surface area contributed by atoms with E-state index < -0.39 is 0 Å². The molecule has 0 radical (unpaired) electrons. The molecular formula is C20H27N3O3S. The van der Waals surface area contributed by atoms with Crippen LogP contribution in [0.5, 0.6) is 0 Å². The molecule has 2 heterocycles. The normalized spacial score (nSPS) is 20.2. The third-order valence-electron chi connectivity index (χ3n) is 4.91. The molecule has 0 aliphatic carbocycles. The summed E-state index contributed by atoms with van der Waals surface area (Å²) in [6.45, 7) is 6.35. The van der Waals surface area contributed by atoms with E-state index >= 15 is 0 Å². The van der Waals surface area contributed by atoms with E-state index in [1.807, 2.05) is 23.1 Å². The van der Waals surface area contributed by atoms with Crippen molar-refractivity contribution in [2.75, 3.05) is 25.4 Å². The van der Waals surface area contributed by atoms with Crippen molar-refractivity contribution in [2.45, 2.75) is 38.4 Å². The van der Waals surface area contributed by atoms with Crippen molar-refractivity contribution in [3.05, 3.63) is 34.6 Å². The number of likely N-dealkylation sites (tertiary alicyclic amines) is 1. The topological polar surface area (TPSA) is 75.4 Å². The van der Waals surface area contributed by atoms with Crippen molar-refractivity contribution in [1.29, 1.82) is 0 Å². The molecule has 1 saturated heterocycles. The SMILES string of the molecule is CC1CC(C)CN(C(=O)CSc2nc3ccccc3c(=O)n2CCCO)C1. The fourth-order valence-electron chi connectivity index (χ4n) is 3.77. The van der Waals surface area contributed by atoms with Crippen LogP contribution in [0.25, 0.3) is 10.9 Å². The van der Waals surface area contributed by atoms with E-state index in [4.69, 9.17) is 5.11 Å². The second kappa shape index (κ2) is 8.89. The Hall–Kier alpha value is -1.86. The minimum Gasteiger partial charge on any atom is -0.396 e. The Bertz CT molecular complexity index is 857. The maximum Gasteiger partial charge on any atom is 0.262 e. The number of carbonyl (C=O) groups excluding carboxylic acids is 1. The summed E-state index contributed by atoms with van der Waals surface area (Å²) in [5, 5.41) is 10.3. The Morgan fingerprint density at radius 3 is 2.67 bits per heavy atom. The number of carbonyl (C=O) groups is 1. The van der Waals surface area contributed by atoms with Gasteiger partial charge in [0.25, 0.3) is 5.56 Å². The molecule has 1 aliphatic rings. The number of amides is 1. The van der Waals surface area contributed by atoms with Gasteiger partial charge in [-0.05, 0) is 36.8 Å². The van der Waals surface area contributed by atoms with E-state index in [0.29, 0.717) is 40.9 Å². The first-order valence-corrected chi connectivity index (χ1v) is 10.5. The lowest BCUT2D eigenvalue weighted by molar-refractivity contribution is -0.130. The predicted molar refractivity (Wildman–Crippen MR) is 108 cm³/mol. The van der Waals surface area contributed by atoms with Gasteiger partial charge in [0.2, 0.25) is 5.91 Å². The van der Waals surface area contributed by atoms with Crippen LogP contribution in [0.15, 0.2) is 34.2 Å². The van der Waals surface area contributed by atoms with Crippen molar-refractivity contribution in [2.24, 2.45) is 11.8 Å². The molecule has 0 spiro atoms. The number of benzene rings is 1. The largest absolute Gasteiger partial charge is 0.396 e. The Balaban J connectivity index is 1.80. The van der Waals surface area contributed by atoms with E-state index in [1.165, 1.54) is 11.8 Å². The minimum atomic E-state index is -0.121.